The van der Waals surface area contributed by atoms with Crippen LogP contribution in [0.4, 0.5) is 0 Å². The number of aromatic amines is 1. The summed E-state index contributed by atoms with van der Waals surface area (Å²) in [6.07, 6.45) is 7.06. The first-order valence-corrected chi connectivity index (χ1v) is 6.74. The molecular weight excluding hydrogens is 280 g/mol. The largest absolute Gasteiger partial charge is 0.340 e. The van der Waals surface area contributed by atoms with E-state index in [-0.39, 0.29) is 0 Å². The number of amides is 1. The molecule has 22 heavy (non-hydrogen) atoms. The van der Waals surface area contributed by atoms with Gasteiger partial charge in [-0.1, -0.05) is 24.3 Å². The molecule has 0 atom stereocenters. The number of hydrogen-bond acceptors (Lipinski definition) is 4. The standard InChI is InChI=1S/C16H14N4O2/c21-16(20-22)6-5-11-1-3-12(4-2-11)9-15-18-13-7-8-17-10-14(13)19-15/h1-8,10,22H,9H2,(H,18,19)(H,20,21). The van der Waals surface area contributed by atoms with Crippen molar-refractivity contribution in [1.29, 1.82) is 0 Å². The maximum Gasteiger partial charge on any atom is 0.267 e. The summed E-state index contributed by atoms with van der Waals surface area (Å²) in [6.45, 7) is 0. The molecule has 0 spiro atoms. The molecule has 0 radical (unpaired) electrons. The van der Waals surface area contributed by atoms with Crippen LogP contribution in [0.25, 0.3) is 17.1 Å². The van der Waals surface area contributed by atoms with E-state index in [0.717, 1.165) is 28.0 Å². The van der Waals surface area contributed by atoms with E-state index in [1.54, 1.807) is 23.9 Å². The van der Waals surface area contributed by atoms with Crippen LogP contribution in [0, 0.1) is 0 Å². The molecule has 6 heteroatoms. The lowest BCUT2D eigenvalue weighted by molar-refractivity contribution is -0.124. The number of aromatic nitrogens is 3. The van der Waals surface area contributed by atoms with Gasteiger partial charge in [0, 0.05) is 18.7 Å². The molecule has 0 aliphatic rings. The summed E-state index contributed by atoms with van der Waals surface area (Å²) in [4.78, 5) is 22.7. The number of imidazole rings is 1. The number of H-pyrrole nitrogens is 1. The fourth-order valence-corrected chi connectivity index (χ4v) is 2.14. The van der Waals surface area contributed by atoms with Crippen molar-refractivity contribution in [1.82, 2.24) is 20.4 Å². The SMILES string of the molecule is O=C(C=Cc1ccc(Cc2nc3ccncc3[nH]2)cc1)NO. The number of fused-ring (bicyclic) bond motifs is 1. The molecule has 6 nitrogen and oxygen atoms in total. The maximum atomic E-state index is 10.9. The van der Waals surface area contributed by atoms with Gasteiger partial charge in [0.1, 0.15) is 5.82 Å². The topological polar surface area (TPSA) is 90.9 Å². The second-order valence-electron chi connectivity index (χ2n) is 4.80. The highest BCUT2D eigenvalue weighted by Gasteiger charge is 2.03. The third kappa shape index (κ3) is 3.18. The Morgan fingerprint density at radius 2 is 2.09 bits per heavy atom. The molecular formula is C16H14N4O2. The van der Waals surface area contributed by atoms with E-state index in [2.05, 4.69) is 15.0 Å². The van der Waals surface area contributed by atoms with Crippen LogP contribution in [0.3, 0.4) is 0 Å². The first-order chi connectivity index (χ1) is 10.7. The number of hydrogen-bond donors (Lipinski definition) is 3. The van der Waals surface area contributed by atoms with Crippen molar-refractivity contribution in [2.24, 2.45) is 0 Å². The number of pyridine rings is 1. The number of rotatable bonds is 4. The Labute approximate surface area is 126 Å². The lowest BCUT2D eigenvalue weighted by Gasteiger charge is -1.99. The fraction of sp³-hybridized carbons (Fsp3) is 0.0625. The monoisotopic (exact) mass is 294 g/mol. The number of nitrogens with zero attached hydrogens (tertiary/aromatic N) is 2. The van der Waals surface area contributed by atoms with Crippen LogP contribution < -0.4 is 5.48 Å². The van der Waals surface area contributed by atoms with Crippen LogP contribution >= 0.6 is 0 Å². The summed E-state index contributed by atoms with van der Waals surface area (Å²) < 4.78 is 0. The molecule has 2 aromatic heterocycles. The third-order valence-electron chi connectivity index (χ3n) is 3.22. The van der Waals surface area contributed by atoms with Crippen molar-refractivity contribution < 1.29 is 10.0 Å². The highest BCUT2D eigenvalue weighted by Crippen LogP contribution is 2.13. The Balaban J connectivity index is 1.73. The second-order valence-corrected chi connectivity index (χ2v) is 4.80. The molecule has 1 aromatic carbocycles. The summed E-state index contributed by atoms with van der Waals surface area (Å²) in [7, 11) is 0. The van der Waals surface area contributed by atoms with E-state index in [4.69, 9.17) is 5.21 Å². The smallest absolute Gasteiger partial charge is 0.267 e. The average Bonchev–Trinajstić information content (AvgIpc) is 2.96. The summed E-state index contributed by atoms with van der Waals surface area (Å²) in [5, 5.41) is 8.42. The van der Waals surface area contributed by atoms with Gasteiger partial charge in [0.2, 0.25) is 0 Å². The Kier molecular flexibility index (Phi) is 3.93. The highest BCUT2D eigenvalue weighted by atomic mass is 16.5. The molecule has 0 bridgehead atoms. The van der Waals surface area contributed by atoms with E-state index >= 15 is 0 Å². The quantitative estimate of drug-likeness (QED) is 0.390. The van der Waals surface area contributed by atoms with Crippen LogP contribution in [0.2, 0.25) is 0 Å². The van der Waals surface area contributed by atoms with E-state index in [1.807, 2.05) is 30.3 Å². The zero-order valence-electron chi connectivity index (χ0n) is 11.7. The minimum Gasteiger partial charge on any atom is -0.340 e. The predicted octanol–water partition coefficient (Wildman–Crippen LogP) is 2.07. The van der Waals surface area contributed by atoms with Gasteiger partial charge in [0.05, 0.1) is 17.2 Å². The molecule has 2 heterocycles. The first kappa shape index (κ1) is 14.0. The zero-order valence-corrected chi connectivity index (χ0v) is 11.7. The minimum atomic E-state index is -0.556. The lowest BCUT2D eigenvalue weighted by atomic mass is 10.1. The maximum absolute atomic E-state index is 10.9. The number of benzene rings is 1. The van der Waals surface area contributed by atoms with Gasteiger partial charge in [-0.15, -0.1) is 0 Å². The normalized spacial score (nSPS) is 11.1. The van der Waals surface area contributed by atoms with Crippen molar-refractivity contribution in [3.05, 3.63) is 65.8 Å². The summed E-state index contributed by atoms with van der Waals surface area (Å²) in [5.74, 6) is 0.325. The van der Waals surface area contributed by atoms with Crippen LogP contribution in [0.1, 0.15) is 17.0 Å². The molecule has 0 fully saturated rings. The molecule has 3 rings (SSSR count). The van der Waals surface area contributed by atoms with Crippen molar-refractivity contribution in [2.75, 3.05) is 0 Å². The second kappa shape index (κ2) is 6.19. The van der Waals surface area contributed by atoms with Gasteiger partial charge in [-0.05, 0) is 23.3 Å². The number of carbonyl (C=O) groups is 1. The molecule has 1 amide bonds. The molecule has 0 saturated heterocycles. The molecule has 0 unspecified atom stereocenters. The summed E-state index contributed by atoms with van der Waals surface area (Å²) in [5.41, 5.74) is 5.36. The summed E-state index contributed by atoms with van der Waals surface area (Å²) >= 11 is 0. The number of carbonyl (C=O) groups excluding carboxylic acids is 1. The lowest BCUT2D eigenvalue weighted by Crippen LogP contribution is -2.14. The van der Waals surface area contributed by atoms with Gasteiger partial charge in [-0.2, -0.15) is 0 Å². The zero-order chi connectivity index (χ0) is 15.4. The van der Waals surface area contributed by atoms with E-state index in [1.165, 1.54) is 6.08 Å². The van der Waals surface area contributed by atoms with Crippen LogP contribution in [0.15, 0.2) is 48.8 Å². The highest BCUT2D eigenvalue weighted by molar-refractivity contribution is 5.90. The van der Waals surface area contributed by atoms with Gasteiger partial charge in [-0.25, -0.2) is 10.5 Å². The Morgan fingerprint density at radius 1 is 1.27 bits per heavy atom. The van der Waals surface area contributed by atoms with Gasteiger partial charge >= 0.3 is 0 Å². The molecule has 0 saturated carbocycles. The predicted molar refractivity (Wildman–Crippen MR) is 82.1 cm³/mol. The van der Waals surface area contributed by atoms with Gasteiger partial charge in [-0.3, -0.25) is 15.0 Å². The number of hydroxylamine groups is 1. The Bertz CT molecular complexity index is 789. The molecule has 110 valence electrons. The van der Waals surface area contributed by atoms with Crippen molar-refractivity contribution in [3.8, 4) is 0 Å². The first-order valence-electron chi connectivity index (χ1n) is 6.74. The van der Waals surface area contributed by atoms with Crippen LogP contribution in [-0.2, 0) is 11.2 Å². The van der Waals surface area contributed by atoms with E-state index in [0.29, 0.717) is 6.42 Å². The fourth-order valence-electron chi connectivity index (χ4n) is 2.14. The van der Waals surface area contributed by atoms with Gasteiger partial charge in [0.15, 0.2) is 0 Å². The van der Waals surface area contributed by atoms with Crippen molar-refractivity contribution in [2.45, 2.75) is 6.42 Å². The summed E-state index contributed by atoms with van der Waals surface area (Å²) in [6, 6.07) is 9.63. The van der Waals surface area contributed by atoms with E-state index in [9.17, 15) is 4.79 Å². The Morgan fingerprint density at radius 3 is 2.82 bits per heavy atom. The minimum absolute atomic E-state index is 0.556. The molecule has 3 aromatic rings. The van der Waals surface area contributed by atoms with Crippen molar-refractivity contribution in [3.63, 3.8) is 0 Å². The van der Waals surface area contributed by atoms with E-state index < -0.39 is 5.91 Å². The molecule has 0 aliphatic carbocycles. The molecule has 3 N–H and O–H groups in total. The van der Waals surface area contributed by atoms with Gasteiger partial charge < -0.3 is 4.98 Å². The third-order valence-corrected chi connectivity index (χ3v) is 3.22. The van der Waals surface area contributed by atoms with Crippen molar-refractivity contribution >= 4 is 23.0 Å². The van der Waals surface area contributed by atoms with Crippen LogP contribution in [-0.4, -0.2) is 26.1 Å². The van der Waals surface area contributed by atoms with Crippen LogP contribution in [0.5, 0.6) is 0 Å². The Hall–Kier alpha value is -2.99. The van der Waals surface area contributed by atoms with Gasteiger partial charge in [0.25, 0.3) is 5.91 Å². The number of nitrogens with one attached hydrogen (secondary N) is 2. The molecule has 0 aliphatic heterocycles. The average molecular weight is 294 g/mol.